The number of nitrogens with two attached hydrogens (primary N) is 1. The number of hydrogen-bond acceptors (Lipinski definition) is 4. The van der Waals surface area contributed by atoms with E-state index in [-0.39, 0.29) is 18.0 Å². The standard InChI is InChI=1S/C23H27ClN6O3/c1-15-26-13-19-14-28(22(33)30(15)19)18-7-11-27(12-8-18)20(31)23(9-2-10-29(23)21(25)32)16-3-5-17(24)6-4-16/h3-6,13,18H,2,7-12,14H2,1H3,(H2,25,32). The number of piperidine rings is 1. The summed E-state index contributed by atoms with van der Waals surface area (Å²) >= 11 is 6.08. The number of fused-ring (bicyclic) bond motifs is 1. The third-order valence-electron chi connectivity index (χ3n) is 7.30. The van der Waals surface area contributed by atoms with E-state index in [1.54, 1.807) is 22.9 Å². The highest BCUT2D eigenvalue weighted by atomic mass is 35.5. The first-order chi connectivity index (χ1) is 15.8. The van der Waals surface area contributed by atoms with Gasteiger partial charge in [0, 0.05) is 30.7 Å². The molecule has 1 aromatic heterocycles. The number of carbonyl (C=O) groups is 3. The summed E-state index contributed by atoms with van der Waals surface area (Å²) in [5.74, 6) is 0.585. The fourth-order valence-electron chi connectivity index (χ4n) is 5.65. The van der Waals surface area contributed by atoms with E-state index in [9.17, 15) is 14.4 Å². The number of likely N-dealkylation sites (tertiary alicyclic amines) is 2. The van der Waals surface area contributed by atoms with Crippen molar-refractivity contribution in [2.24, 2.45) is 5.73 Å². The molecule has 2 fully saturated rings. The van der Waals surface area contributed by atoms with Gasteiger partial charge in [0.25, 0.3) is 5.91 Å². The number of aryl methyl sites for hydroxylation is 1. The molecule has 4 heterocycles. The maximum atomic E-state index is 13.9. The maximum Gasteiger partial charge on any atom is 0.330 e. The van der Waals surface area contributed by atoms with Crippen LogP contribution in [-0.4, -0.2) is 67.9 Å². The third kappa shape index (κ3) is 3.37. The molecule has 0 aliphatic carbocycles. The number of carbonyl (C=O) groups excluding carboxylic acids is 3. The Morgan fingerprint density at radius 3 is 2.48 bits per heavy atom. The van der Waals surface area contributed by atoms with Crippen LogP contribution >= 0.6 is 11.6 Å². The van der Waals surface area contributed by atoms with Gasteiger partial charge >= 0.3 is 12.1 Å². The lowest BCUT2D eigenvalue weighted by Gasteiger charge is -2.43. The number of benzene rings is 1. The number of rotatable bonds is 3. The summed E-state index contributed by atoms with van der Waals surface area (Å²) in [4.78, 5) is 48.6. The number of nitrogens with zero attached hydrogens (tertiary/aromatic N) is 5. The van der Waals surface area contributed by atoms with Crippen molar-refractivity contribution in [1.82, 2.24) is 24.3 Å². The molecule has 33 heavy (non-hydrogen) atoms. The number of hydrogen-bond donors (Lipinski definition) is 1. The van der Waals surface area contributed by atoms with Crippen LogP contribution in [-0.2, 0) is 16.9 Å². The highest BCUT2D eigenvalue weighted by Crippen LogP contribution is 2.41. The van der Waals surface area contributed by atoms with Crippen LogP contribution in [0.25, 0.3) is 0 Å². The van der Waals surface area contributed by atoms with Crippen LogP contribution in [0.4, 0.5) is 9.59 Å². The van der Waals surface area contributed by atoms with Gasteiger partial charge in [0.2, 0.25) is 0 Å². The molecule has 0 radical (unpaired) electrons. The van der Waals surface area contributed by atoms with E-state index in [4.69, 9.17) is 17.3 Å². The van der Waals surface area contributed by atoms with E-state index in [0.717, 1.165) is 11.3 Å². The van der Waals surface area contributed by atoms with Gasteiger partial charge in [-0.2, -0.15) is 0 Å². The maximum absolute atomic E-state index is 13.9. The summed E-state index contributed by atoms with van der Waals surface area (Å²) in [6.45, 7) is 3.84. The Labute approximate surface area is 197 Å². The average Bonchev–Trinajstić information content (AvgIpc) is 3.50. The van der Waals surface area contributed by atoms with E-state index in [1.165, 1.54) is 4.90 Å². The van der Waals surface area contributed by atoms with Crippen molar-refractivity contribution in [1.29, 1.82) is 0 Å². The fraction of sp³-hybridized carbons (Fsp3) is 0.478. The van der Waals surface area contributed by atoms with Crippen LogP contribution in [0.3, 0.4) is 0 Å². The van der Waals surface area contributed by atoms with Crippen LogP contribution < -0.4 is 5.73 Å². The Kier molecular flexibility index (Phi) is 5.31. The zero-order chi connectivity index (χ0) is 23.3. The first-order valence-corrected chi connectivity index (χ1v) is 11.7. The number of primary amides is 1. The van der Waals surface area contributed by atoms with Gasteiger partial charge < -0.3 is 20.4 Å². The molecule has 3 aliphatic rings. The molecule has 174 valence electrons. The molecular formula is C23H27ClN6O3. The van der Waals surface area contributed by atoms with Crippen LogP contribution in [0.1, 0.15) is 42.8 Å². The predicted molar refractivity (Wildman–Crippen MR) is 122 cm³/mol. The molecule has 2 N–H and O–H groups in total. The molecule has 2 aromatic rings. The number of urea groups is 1. The van der Waals surface area contributed by atoms with E-state index in [2.05, 4.69) is 4.98 Å². The number of halogens is 1. The molecule has 2 saturated heterocycles. The zero-order valence-corrected chi connectivity index (χ0v) is 19.3. The van der Waals surface area contributed by atoms with Crippen LogP contribution in [0.2, 0.25) is 5.02 Å². The normalized spacial score (nSPS) is 23.3. The second-order valence-corrected chi connectivity index (χ2v) is 9.46. The smallest absolute Gasteiger partial charge is 0.330 e. The summed E-state index contributed by atoms with van der Waals surface area (Å²) < 4.78 is 1.66. The molecule has 1 unspecified atom stereocenters. The van der Waals surface area contributed by atoms with Crippen molar-refractivity contribution < 1.29 is 14.4 Å². The van der Waals surface area contributed by atoms with Gasteiger partial charge in [-0.3, -0.25) is 9.36 Å². The van der Waals surface area contributed by atoms with Crippen molar-refractivity contribution in [3.8, 4) is 0 Å². The van der Waals surface area contributed by atoms with Gasteiger partial charge in [0.1, 0.15) is 11.4 Å². The van der Waals surface area contributed by atoms with Crippen molar-refractivity contribution in [3.05, 3.63) is 52.6 Å². The summed E-state index contributed by atoms with van der Waals surface area (Å²) in [6, 6.07) is 6.51. The summed E-state index contributed by atoms with van der Waals surface area (Å²) in [6.07, 6.45) is 4.33. The topological polar surface area (TPSA) is 105 Å². The third-order valence-corrected chi connectivity index (χ3v) is 7.55. The molecule has 1 aromatic carbocycles. The first-order valence-electron chi connectivity index (χ1n) is 11.3. The first kappa shape index (κ1) is 21.8. The summed E-state index contributed by atoms with van der Waals surface area (Å²) in [7, 11) is 0. The van der Waals surface area contributed by atoms with E-state index in [0.29, 0.717) is 62.7 Å². The molecule has 0 saturated carbocycles. The van der Waals surface area contributed by atoms with Gasteiger partial charge in [0.05, 0.1) is 18.4 Å². The molecule has 9 nitrogen and oxygen atoms in total. The molecule has 3 aliphatic heterocycles. The fourth-order valence-corrected chi connectivity index (χ4v) is 5.78. The van der Waals surface area contributed by atoms with Gasteiger partial charge in [-0.15, -0.1) is 0 Å². The van der Waals surface area contributed by atoms with Crippen LogP contribution in [0.15, 0.2) is 30.5 Å². The largest absolute Gasteiger partial charge is 0.351 e. The monoisotopic (exact) mass is 470 g/mol. The van der Waals surface area contributed by atoms with Crippen molar-refractivity contribution in [2.75, 3.05) is 19.6 Å². The van der Waals surface area contributed by atoms with Gasteiger partial charge in [-0.05, 0) is 50.3 Å². The zero-order valence-electron chi connectivity index (χ0n) is 18.5. The molecule has 5 rings (SSSR count). The molecular weight excluding hydrogens is 444 g/mol. The van der Waals surface area contributed by atoms with Gasteiger partial charge in [-0.1, -0.05) is 23.7 Å². The molecule has 4 amide bonds. The number of aromatic nitrogens is 2. The molecule has 0 bridgehead atoms. The Hall–Kier alpha value is -3.07. The molecule has 1 atom stereocenters. The minimum absolute atomic E-state index is 0.0434. The Morgan fingerprint density at radius 1 is 1.15 bits per heavy atom. The summed E-state index contributed by atoms with van der Waals surface area (Å²) in [5, 5.41) is 0.567. The van der Waals surface area contributed by atoms with Gasteiger partial charge in [-0.25, -0.2) is 14.6 Å². The quantitative estimate of drug-likeness (QED) is 0.744. The summed E-state index contributed by atoms with van der Waals surface area (Å²) in [5.41, 5.74) is 6.23. The SMILES string of the molecule is Cc1ncc2n1C(=O)N(C1CCN(C(=O)C3(c4ccc(Cl)cc4)CCCN3C(N)=O)CC1)C2. The average molecular weight is 471 g/mol. The minimum Gasteiger partial charge on any atom is -0.351 e. The predicted octanol–water partition coefficient (Wildman–Crippen LogP) is 2.69. The van der Waals surface area contributed by atoms with Crippen LogP contribution in [0.5, 0.6) is 0 Å². The van der Waals surface area contributed by atoms with Crippen LogP contribution in [0, 0.1) is 6.92 Å². The lowest BCUT2D eigenvalue weighted by molar-refractivity contribution is -0.143. The lowest BCUT2D eigenvalue weighted by atomic mass is 9.84. The van der Waals surface area contributed by atoms with Crippen molar-refractivity contribution in [2.45, 2.75) is 50.7 Å². The Bertz CT molecular complexity index is 1110. The second-order valence-electron chi connectivity index (χ2n) is 9.03. The van der Waals surface area contributed by atoms with E-state index < -0.39 is 11.6 Å². The Morgan fingerprint density at radius 2 is 1.85 bits per heavy atom. The van der Waals surface area contributed by atoms with Crippen molar-refractivity contribution >= 4 is 29.6 Å². The number of imidazole rings is 1. The highest BCUT2D eigenvalue weighted by Gasteiger charge is 2.52. The van der Waals surface area contributed by atoms with Gasteiger partial charge in [0.15, 0.2) is 0 Å². The minimum atomic E-state index is -1.12. The van der Waals surface area contributed by atoms with E-state index in [1.807, 2.05) is 28.9 Å². The lowest BCUT2D eigenvalue weighted by Crippen LogP contribution is -2.59. The molecule has 0 spiro atoms. The Balaban J connectivity index is 1.35. The molecule has 10 heteroatoms. The number of amides is 4. The van der Waals surface area contributed by atoms with Crippen molar-refractivity contribution in [3.63, 3.8) is 0 Å². The van der Waals surface area contributed by atoms with E-state index >= 15 is 0 Å². The second kappa shape index (κ2) is 8.06. The highest BCUT2D eigenvalue weighted by molar-refractivity contribution is 6.30.